The average Bonchev–Trinajstić information content (AvgIpc) is 2.80. The molecule has 0 fully saturated rings. The van der Waals surface area contributed by atoms with Crippen LogP contribution in [0.25, 0.3) is 22.8 Å². The third kappa shape index (κ3) is 7.09. The molecule has 182 valence electrons. The summed E-state index contributed by atoms with van der Waals surface area (Å²) < 4.78 is 26.3. The Hall–Kier alpha value is -2.81. The van der Waals surface area contributed by atoms with Crippen molar-refractivity contribution in [2.45, 2.75) is 33.7 Å². The molecule has 2 N–H and O–H groups in total. The molecule has 0 atom stereocenters. The predicted octanol–water partition coefficient (Wildman–Crippen LogP) is 4.84. The van der Waals surface area contributed by atoms with Gasteiger partial charge >= 0.3 is 0 Å². The highest BCUT2D eigenvalue weighted by molar-refractivity contribution is 6.33. The van der Waals surface area contributed by atoms with E-state index in [9.17, 15) is 4.79 Å². The molecule has 7 nitrogen and oxygen atoms in total. The summed E-state index contributed by atoms with van der Waals surface area (Å²) in [6.45, 7) is 8.88. The lowest BCUT2D eigenvalue weighted by atomic mass is 10.1. The molecule has 0 spiro atoms. The van der Waals surface area contributed by atoms with E-state index >= 15 is 4.39 Å². The van der Waals surface area contributed by atoms with Gasteiger partial charge in [-0.05, 0) is 37.1 Å². The van der Waals surface area contributed by atoms with Crippen LogP contribution >= 0.6 is 11.6 Å². The minimum atomic E-state index is -0.522. The number of aromatic amines is 1. The van der Waals surface area contributed by atoms with Crippen molar-refractivity contribution in [3.8, 4) is 28.5 Å². The van der Waals surface area contributed by atoms with E-state index in [0.717, 1.165) is 13.0 Å². The molecule has 9 heteroatoms. The van der Waals surface area contributed by atoms with Crippen LogP contribution in [-0.2, 0) is 11.3 Å². The van der Waals surface area contributed by atoms with Gasteiger partial charge in [-0.1, -0.05) is 38.4 Å². The summed E-state index contributed by atoms with van der Waals surface area (Å²) in [6.07, 6.45) is 2.50. The summed E-state index contributed by atoms with van der Waals surface area (Å²) in [7, 11) is 0. The number of halogens is 2. The van der Waals surface area contributed by atoms with Crippen LogP contribution in [0, 0.1) is 11.7 Å². The summed E-state index contributed by atoms with van der Waals surface area (Å²) >= 11 is 6.31. The van der Waals surface area contributed by atoms with E-state index in [4.69, 9.17) is 21.1 Å². The molecular formula is C25H30ClFN4O3. The maximum Gasteiger partial charge on any atom is 0.251 e. The highest BCUT2D eigenvalue weighted by Crippen LogP contribution is 2.31. The zero-order chi connectivity index (χ0) is 24.5. The van der Waals surface area contributed by atoms with Crippen LogP contribution < -0.4 is 15.6 Å². The zero-order valence-corrected chi connectivity index (χ0v) is 20.4. The van der Waals surface area contributed by atoms with Crippen LogP contribution in [0.1, 0.15) is 32.8 Å². The molecule has 2 aromatic heterocycles. The molecule has 0 saturated heterocycles. The summed E-state index contributed by atoms with van der Waals surface area (Å²) in [5, 5.41) is 3.37. The Balaban J connectivity index is 1.82. The molecule has 34 heavy (non-hydrogen) atoms. The van der Waals surface area contributed by atoms with Crippen molar-refractivity contribution < 1.29 is 13.9 Å². The van der Waals surface area contributed by atoms with Crippen molar-refractivity contribution in [1.82, 2.24) is 20.3 Å². The summed E-state index contributed by atoms with van der Waals surface area (Å²) in [6, 6.07) is 7.97. The fourth-order valence-electron chi connectivity index (χ4n) is 3.23. The second-order valence-corrected chi connectivity index (χ2v) is 8.65. The number of rotatable bonds is 12. The molecule has 0 aliphatic rings. The normalized spacial score (nSPS) is 11.2. The SMILES string of the molecule is CCCOCCOc1ccc(-c2cc(=O)[nH]c(-c3c(Cl)ccc(CNCC(C)C)c3F)n2)nc1. The fourth-order valence-corrected chi connectivity index (χ4v) is 3.47. The molecule has 0 unspecified atom stereocenters. The first-order valence-electron chi connectivity index (χ1n) is 11.3. The lowest BCUT2D eigenvalue weighted by Crippen LogP contribution is -2.20. The molecule has 0 amide bonds. The third-order valence-corrected chi connectivity index (χ3v) is 5.18. The van der Waals surface area contributed by atoms with Crippen LogP contribution in [0.3, 0.4) is 0 Å². The molecule has 1 aromatic carbocycles. The summed E-state index contributed by atoms with van der Waals surface area (Å²) in [5.41, 5.74) is 0.810. The van der Waals surface area contributed by atoms with Gasteiger partial charge in [0.25, 0.3) is 5.56 Å². The van der Waals surface area contributed by atoms with Gasteiger partial charge in [-0.3, -0.25) is 9.78 Å². The molecule has 2 heterocycles. The van der Waals surface area contributed by atoms with Gasteiger partial charge in [-0.2, -0.15) is 0 Å². The third-order valence-electron chi connectivity index (χ3n) is 4.86. The van der Waals surface area contributed by atoms with Crippen LogP contribution in [0.2, 0.25) is 5.02 Å². The number of hydrogen-bond acceptors (Lipinski definition) is 6. The summed E-state index contributed by atoms with van der Waals surface area (Å²) in [5.74, 6) is 0.532. The largest absolute Gasteiger partial charge is 0.490 e. The number of benzene rings is 1. The van der Waals surface area contributed by atoms with Crippen LogP contribution in [-0.4, -0.2) is 41.3 Å². The molecule has 0 saturated carbocycles. The highest BCUT2D eigenvalue weighted by Gasteiger charge is 2.18. The standard InChI is InChI=1S/C25H30ClFN4O3/c1-4-9-33-10-11-34-18-6-8-20(29-15-18)21-12-22(32)31-25(30-21)23-19(26)7-5-17(24(23)27)14-28-13-16(2)3/h5-8,12,15-16,28H,4,9-11,13-14H2,1-3H3,(H,30,31,32). The molecule has 3 rings (SSSR count). The van der Waals surface area contributed by atoms with Crippen LogP contribution in [0.4, 0.5) is 4.39 Å². The van der Waals surface area contributed by atoms with E-state index in [1.165, 1.54) is 6.07 Å². The van der Waals surface area contributed by atoms with Crippen LogP contribution in [0.15, 0.2) is 41.3 Å². The molecule has 3 aromatic rings. The van der Waals surface area contributed by atoms with Crippen molar-refractivity contribution in [3.05, 3.63) is 63.3 Å². The van der Waals surface area contributed by atoms with E-state index in [-0.39, 0.29) is 16.4 Å². The average molecular weight is 489 g/mol. The lowest BCUT2D eigenvalue weighted by molar-refractivity contribution is 0.100. The summed E-state index contributed by atoms with van der Waals surface area (Å²) in [4.78, 5) is 23.8. The van der Waals surface area contributed by atoms with Gasteiger partial charge in [0.1, 0.15) is 24.0 Å². The van der Waals surface area contributed by atoms with Crippen molar-refractivity contribution in [2.75, 3.05) is 26.4 Å². The van der Waals surface area contributed by atoms with Crippen molar-refractivity contribution >= 4 is 11.6 Å². The van der Waals surface area contributed by atoms with Gasteiger partial charge in [-0.15, -0.1) is 0 Å². The lowest BCUT2D eigenvalue weighted by Gasteiger charge is -2.12. The maximum absolute atomic E-state index is 15.3. The first kappa shape index (κ1) is 25.8. The Morgan fingerprint density at radius 1 is 1.15 bits per heavy atom. The zero-order valence-electron chi connectivity index (χ0n) is 19.7. The quantitative estimate of drug-likeness (QED) is 0.354. The second-order valence-electron chi connectivity index (χ2n) is 8.24. The molecule has 0 aliphatic carbocycles. The minimum Gasteiger partial charge on any atom is -0.490 e. The predicted molar refractivity (Wildman–Crippen MR) is 132 cm³/mol. The van der Waals surface area contributed by atoms with Gasteiger partial charge in [0.15, 0.2) is 0 Å². The Labute approximate surface area is 203 Å². The molecule has 0 aliphatic heterocycles. The molecule has 0 radical (unpaired) electrons. The van der Waals surface area contributed by atoms with E-state index in [2.05, 4.69) is 34.1 Å². The molecular weight excluding hydrogens is 459 g/mol. The first-order valence-corrected chi connectivity index (χ1v) is 11.7. The number of pyridine rings is 1. The second kappa shape index (κ2) is 12.6. The van der Waals surface area contributed by atoms with Gasteiger partial charge in [0.2, 0.25) is 0 Å². The number of aromatic nitrogens is 3. The van der Waals surface area contributed by atoms with Gasteiger partial charge < -0.3 is 19.8 Å². The number of nitrogens with zero attached hydrogens (tertiary/aromatic N) is 2. The number of ether oxygens (including phenoxy) is 2. The molecule has 0 bridgehead atoms. The van der Waals surface area contributed by atoms with Gasteiger partial charge in [0.05, 0.1) is 34.8 Å². The number of H-pyrrole nitrogens is 1. The monoisotopic (exact) mass is 488 g/mol. The Morgan fingerprint density at radius 3 is 2.68 bits per heavy atom. The first-order chi connectivity index (χ1) is 16.4. The van der Waals surface area contributed by atoms with Gasteiger partial charge in [-0.25, -0.2) is 9.37 Å². The van der Waals surface area contributed by atoms with E-state index in [0.29, 0.717) is 55.0 Å². The Kier molecular flexibility index (Phi) is 9.56. The Bertz CT molecular complexity index is 1140. The maximum atomic E-state index is 15.3. The highest BCUT2D eigenvalue weighted by atomic mass is 35.5. The minimum absolute atomic E-state index is 0.0471. The number of hydrogen-bond donors (Lipinski definition) is 2. The smallest absolute Gasteiger partial charge is 0.251 e. The van der Waals surface area contributed by atoms with Crippen molar-refractivity contribution in [2.24, 2.45) is 5.92 Å². The van der Waals surface area contributed by atoms with Crippen molar-refractivity contribution in [3.63, 3.8) is 0 Å². The fraction of sp³-hybridized carbons (Fsp3) is 0.400. The van der Waals surface area contributed by atoms with E-state index in [1.807, 2.05) is 6.92 Å². The van der Waals surface area contributed by atoms with Crippen molar-refractivity contribution in [1.29, 1.82) is 0 Å². The Morgan fingerprint density at radius 2 is 1.97 bits per heavy atom. The number of nitrogens with one attached hydrogen (secondary N) is 2. The van der Waals surface area contributed by atoms with Gasteiger partial charge in [0, 0.05) is 24.8 Å². The van der Waals surface area contributed by atoms with E-state index < -0.39 is 11.4 Å². The van der Waals surface area contributed by atoms with E-state index in [1.54, 1.807) is 30.5 Å². The van der Waals surface area contributed by atoms with Crippen LogP contribution in [0.5, 0.6) is 5.75 Å². The topological polar surface area (TPSA) is 89.1 Å².